The number of fused-ring (bicyclic) bond motifs is 1. The average molecular weight is 334 g/mol. The highest BCUT2D eigenvalue weighted by molar-refractivity contribution is 7.15. The fourth-order valence-electron chi connectivity index (χ4n) is 2.06. The second-order valence-corrected chi connectivity index (χ2v) is 6.47. The minimum Gasteiger partial charge on any atom is -0.485 e. The lowest BCUT2D eigenvalue weighted by Crippen LogP contribution is -2.40. The molecule has 1 aromatic heterocycles. The molecule has 1 aliphatic rings. The van der Waals surface area contributed by atoms with E-state index in [-0.39, 0.29) is 12.5 Å². The van der Waals surface area contributed by atoms with Crippen LogP contribution in [0, 0.1) is 0 Å². The molecule has 0 saturated heterocycles. The van der Waals surface area contributed by atoms with Gasteiger partial charge in [0, 0.05) is 13.0 Å². The SMILES string of the molecule is CN(C)CCc1nnc(NC(=O)C2COc3ccccc3O2)s1. The lowest BCUT2D eigenvalue weighted by Gasteiger charge is -2.25. The van der Waals surface area contributed by atoms with Crippen LogP contribution in [0.3, 0.4) is 0 Å². The fraction of sp³-hybridized carbons (Fsp3) is 0.400. The third-order valence-electron chi connectivity index (χ3n) is 3.27. The van der Waals surface area contributed by atoms with E-state index in [0.717, 1.165) is 18.0 Å². The van der Waals surface area contributed by atoms with Gasteiger partial charge in [-0.05, 0) is 26.2 Å². The Bertz CT molecular complexity index is 689. The number of ether oxygens (including phenoxy) is 2. The molecule has 2 aromatic rings. The van der Waals surface area contributed by atoms with E-state index >= 15 is 0 Å². The second kappa shape index (κ2) is 6.93. The molecule has 7 nitrogen and oxygen atoms in total. The first-order valence-corrected chi connectivity index (χ1v) is 8.10. The van der Waals surface area contributed by atoms with Crippen molar-refractivity contribution < 1.29 is 14.3 Å². The molecule has 1 aromatic carbocycles. The van der Waals surface area contributed by atoms with Gasteiger partial charge in [-0.15, -0.1) is 10.2 Å². The van der Waals surface area contributed by atoms with Crippen LogP contribution in [0.2, 0.25) is 0 Å². The van der Waals surface area contributed by atoms with Crippen molar-refractivity contribution in [2.75, 3.05) is 32.6 Å². The number of nitrogens with one attached hydrogen (secondary N) is 1. The van der Waals surface area contributed by atoms with Crippen LogP contribution in [0.25, 0.3) is 0 Å². The number of nitrogens with zero attached hydrogens (tertiary/aromatic N) is 3. The summed E-state index contributed by atoms with van der Waals surface area (Å²) in [5.41, 5.74) is 0. The number of anilines is 1. The van der Waals surface area contributed by atoms with Gasteiger partial charge in [0.25, 0.3) is 5.91 Å². The first-order valence-electron chi connectivity index (χ1n) is 7.28. The predicted octanol–water partition coefficient (Wildman–Crippen LogP) is 1.42. The van der Waals surface area contributed by atoms with E-state index in [1.807, 2.05) is 32.3 Å². The standard InChI is InChI=1S/C15H18N4O3S/c1-19(2)8-7-13-17-18-15(23-13)16-14(20)12-9-21-10-5-3-4-6-11(10)22-12/h3-6,12H,7-9H2,1-2H3,(H,16,18,20). The van der Waals surface area contributed by atoms with Crippen molar-refractivity contribution in [2.45, 2.75) is 12.5 Å². The Labute approximate surface area is 138 Å². The molecule has 0 aliphatic carbocycles. The summed E-state index contributed by atoms with van der Waals surface area (Å²) in [4.78, 5) is 14.3. The van der Waals surface area contributed by atoms with Crippen molar-refractivity contribution in [1.29, 1.82) is 0 Å². The maximum absolute atomic E-state index is 12.3. The van der Waals surface area contributed by atoms with Gasteiger partial charge < -0.3 is 14.4 Å². The summed E-state index contributed by atoms with van der Waals surface area (Å²) in [6.07, 6.45) is 0.107. The van der Waals surface area contributed by atoms with E-state index in [4.69, 9.17) is 9.47 Å². The quantitative estimate of drug-likeness (QED) is 0.891. The van der Waals surface area contributed by atoms with E-state index < -0.39 is 6.10 Å². The van der Waals surface area contributed by atoms with Gasteiger partial charge in [-0.25, -0.2) is 0 Å². The van der Waals surface area contributed by atoms with Gasteiger partial charge in [0.1, 0.15) is 11.6 Å². The lowest BCUT2D eigenvalue weighted by molar-refractivity contribution is -0.125. The van der Waals surface area contributed by atoms with Crippen molar-refractivity contribution in [3.05, 3.63) is 29.3 Å². The number of benzene rings is 1. The molecule has 122 valence electrons. The maximum atomic E-state index is 12.3. The Morgan fingerprint density at radius 3 is 2.91 bits per heavy atom. The third-order valence-corrected chi connectivity index (χ3v) is 4.17. The van der Waals surface area contributed by atoms with Gasteiger partial charge in [0.05, 0.1) is 0 Å². The normalized spacial score (nSPS) is 16.4. The van der Waals surface area contributed by atoms with Crippen LogP contribution in [0.15, 0.2) is 24.3 Å². The minimum atomic E-state index is -0.695. The van der Waals surface area contributed by atoms with Crippen molar-refractivity contribution in [1.82, 2.24) is 15.1 Å². The number of carbonyl (C=O) groups excluding carboxylic acids is 1. The third kappa shape index (κ3) is 3.96. The van der Waals surface area contributed by atoms with E-state index in [1.54, 1.807) is 6.07 Å². The molecule has 1 N–H and O–H groups in total. The van der Waals surface area contributed by atoms with E-state index in [0.29, 0.717) is 16.6 Å². The number of likely N-dealkylation sites (N-methyl/N-ethyl adjacent to an activating group) is 1. The van der Waals surface area contributed by atoms with Gasteiger partial charge in [-0.2, -0.15) is 0 Å². The van der Waals surface area contributed by atoms with Gasteiger partial charge in [0.2, 0.25) is 11.2 Å². The number of hydrogen-bond acceptors (Lipinski definition) is 7. The van der Waals surface area contributed by atoms with E-state index in [2.05, 4.69) is 20.4 Å². The second-order valence-electron chi connectivity index (χ2n) is 5.41. The zero-order chi connectivity index (χ0) is 16.2. The van der Waals surface area contributed by atoms with Crippen LogP contribution in [-0.2, 0) is 11.2 Å². The maximum Gasteiger partial charge on any atom is 0.270 e. The molecule has 1 unspecified atom stereocenters. The van der Waals surface area contributed by atoms with Crippen molar-refractivity contribution >= 4 is 22.4 Å². The highest BCUT2D eigenvalue weighted by Crippen LogP contribution is 2.31. The van der Waals surface area contributed by atoms with Crippen LogP contribution in [0.1, 0.15) is 5.01 Å². The molecule has 1 amide bonds. The molecule has 1 atom stereocenters. The summed E-state index contributed by atoms with van der Waals surface area (Å²) in [5, 5.41) is 12.2. The number of amides is 1. The Morgan fingerprint density at radius 1 is 1.35 bits per heavy atom. The van der Waals surface area contributed by atoms with Gasteiger partial charge in [-0.3, -0.25) is 10.1 Å². The number of carbonyl (C=O) groups is 1. The minimum absolute atomic E-state index is 0.176. The molecule has 0 radical (unpaired) electrons. The Kier molecular flexibility index (Phi) is 4.73. The lowest BCUT2D eigenvalue weighted by atomic mass is 10.2. The molecular formula is C15H18N4O3S. The van der Waals surface area contributed by atoms with E-state index in [1.165, 1.54) is 11.3 Å². The highest BCUT2D eigenvalue weighted by Gasteiger charge is 2.28. The molecule has 1 aliphatic heterocycles. The fourth-order valence-corrected chi connectivity index (χ4v) is 2.79. The molecule has 2 heterocycles. The molecule has 3 rings (SSSR count). The van der Waals surface area contributed by atoms with E-state index in [9.17, 15) is 4.79 Å². The van der Waals surface area contributed by atoms with Crippen LogP contribution >= 0.6 is 11.3 Å². The molecule has 0 spiro atoms. The summed E-state index contributed by atoms with van der Waals surface area (Å²) in [6, 6.07) is 7.29. The average Bonchev–Trinajstić information content (AvgIpc) is 3.00. The zero-order valence-electron chi connectivity index (χ0n) is 13.0. The van der Waals surface area contributed by atoms with Gasteiger partial charge >= 0.3 is 0 Å². The molecule has 0 saturated carbocycles. The first kappa shape index (κ1) is 15.7. The van der Waals surface area contributed by atoms with Crippen LogP contribution < -0.4 is 14.8 Å². The van der Waals surface area contributed by atoms with Crippen molar-refractivity contribution in [2.24, 2.45) is 0 Å². The van der Waals surface area contributed by atoms with Gasteiger partial charge in [-0.1, -0.05) is 23.5 Å². The summed E-state index contributed by atoms with van der Waals surface area (Å²) in [6.45, 7) is 1.06. The van der Waals surface area contributed by atoms with Gasteiger partial charge in [0.15, 0.2) is 11.5 Å². The number of rotatable bonds is 5. The summed E-state index contributed by atoms with van der Waals surface area (Å²) in [7, 11) is 4.00. The smallest absolute Gasteiger partial charge is 0.270 e. The molecule has 0 fully saturated rings. The zero-order valence-corrected chi connectivity index (χ0v) is 13.8. The van der Waals surface area contributed by atoms with Crippen LogP contribution in [0.4, 0.5) is 5.13 Å². The van der Waals surface area contributed by atoms with Crippen molar-refractivity contribution in [3.8, 4) is 11.5 Å². The summed E-state index contributed by atoms with van der Waals surface area (Å²) in [5.74, 6) is 0.941. The summed E-state index contributed by atoms with van der Waals surface area (Å²) < 4.78 is 11.2. The van der Waals surface area contributed by atoms with Crippen molar-refractivity contribution in [3.63, 3.8) is 0 Å². The Hall–Kier alpha value is -2.19. The topological polar surface area (TPSA) is 76.6 Å². The van der Waals surface area contributed by atoms with Crippen LogP contribution in [0.5, 0.6) is 11.5 Å². The predicted molar refractivity (Wildman–Crippen MR) is 87.1 cm³/mol. The molecule has 23 heavy (non-hydrogen) atoms. The highest BCUT2D eigenvalue weighted by atomic mass is 32.1. The molecule has 0 bridgehead atoms. The number of para-hydroxylation sites is 2. The summed E-state index contributed by atoms with van der Waals surface area (Å²) >= 11 is 1.38. The molecule has 8 heteroatoms. The first-order chi connectivity index (χ1) is 11.1. The molecular weight excluding hydrogens is 316 g/mol. The Balaban J connectivity index is 1.58. The Morgan fingerprint density at radius 2 is 2.13 bits per heavy atom. The largest absolute Gasteiger partial charge is 0.485 e. The van der Waals surface area contributed by atoms with Crippen LogP contribution in [-0.4, -0.2) is 54.4 Å². The monoisotopic (exact) mass is 334 g/mol. The number of aromatic nitrogens is 2. The number of hydrogen-bond donors (Lipinski definition) is 1.